The summed E-state index contributed by atoms with van der Waals surface area (Å²) in [5, 5.41) is 0. The molecule has 6 heteroatoms. The zero-order chi connectivity index (χ0) is 17.7. The molecular weight excluding hydrogens is 307 g/mol. The summed E-state index contributed by atoms with van der Waals surface area (Å²) >= 11 is 0. The summed E-state index contributed by atoms with van der Waals surface area (Å²) in [6.07, 6.45) is 4.01. The number of ether oxygens (including phenoxy) is 1. The van der Waals surface area contributed by atoms with Gasteiger partial charge in [0.2, 0.25) is 0 Å². The third-order valence-electron chi connectivity index (χ3n) is 3.98. The van der Waals surface area contributed by atoms with Gasteiger partial charge in [0.05, 0.1) is 12.5 Å². The first-order chi connectivity index (χ1) is 10.8. The standard InChI is InChI=1S/C17H32F3NO2/c1-3-5-7-8-9-10-11-12-14(15(21)17(18,19)20)16(22)23-13-6-4-2/h14-15H,3-13,21H2,1-2H3/t14-,15-/m1/s1. The zero-order valence-corrected chi connectivity index (χ0v) is 14.5. The molecule has 2 N–H and O–H groups in total. The number of carbonyl (C=O) groups excluding carboxylic acids is 1. The van der Waals surface area contributed by atoms with Crippen LogP contribution in [0.1, 0.15) is 78.1 Å². The predicted octanol–water partition coefficient (Wildman–Crippen LogP) is 4.98. The maximum atomic E-state index is 12.8. The zero-order valence-electron chi connectivity index (χ0n) is 14.5. The lowest BCUT2D eigenvalue weighted by molar-refractivity contribution is -0.177. The molecule has 0 aromatic heterocycles. The largest absolute Gasteiger partial charge is 0.465 e. The Bertz CT molecular complexity index is 309. The molecule has 0 aliphatic rings. The van der Waals surface area contributed by atoms with Crippen LogP contribution in [0.4, 0.5) is 13.2 Å². The Morgan fingerprint density at radius 2 is 1.48 bits per heavy atom. The highest BCUT2D eigenvalue weighted by Crippen LogP contribution is 2.28. The van der Waals surface area contributed by atoms with Gasteiger partial charge in [-0.1, -0.05) is 65.2 Å². The van der Waals surface area contributed by atoms with Crippen molar-refractivity contribution in [2.75, 3.05) is 6.61 Å². The van der Waals surface area contributed by atoms with Crippen molar-refractivity contribution < 1.29 is 22.7 Å². The molecule has 0 fully saturated rings. The summed E-state index contributed by atoms with van der Waals surface area (Å²) in [5.41, 5.74) is 5.25. The molecule has 0 saturated heterocycles. The van der Waals surface area contributed by atoms with E-state index in [-0.39, 0.29) is 13.0 Å². The highest BCUT2D eigenvalue weighted by atomic mass is 19.4. The number of carbonyl (C=O) groups is 1. The monoisotopic (exact) mass is 339 g/mol. The van der Waals surface area contributed by atoms with Gasteiger partial charge in [0.15, 0.2) is 0 Å². The number of hydrogen-bond donors (Lipinski definition) is 1. The van der Waals surface area contributed by atoms with Gasteiger partial charge in [-0.15, -0.1) is 0 Å². The summed E-state index contributed by atoms with van der Waals surface area (Å²) in [5.74, 6) is -2.10. The van der Waals surface area contributed by atoms with Crippen LogP contribution in [0.3, 0.4) is 0 Å². The highest BCUT2D eigenvalue weighted by molar-refractivity contribution is 5.73. The molecule has 0 heterocycles. The van der Waals surface area contributed by atoms with E-state index in [1.54, 1.807) is 0 Å². The quantitative estimate of drug-likeness (QED) is 0.380. The Morgan fingerprint density at radius 3 is 2.00 bits per heavy atom. The van der Waals surface area contributed by atoms with E-state index in [2.05, 4.69) is 6.92 Å². The van der Waals surface area contributed by atoms with Crippen LogP contribution in [0.25, 0.3) is 0 Å². The van der Waals surface area contributed by atoms with E-state index < -0.39 is 24.1 Å². The second kappa shape index (κ2) is 12.6. The van der Waals surface area contributed by atoms with Crippen LogP contribution in [0.5, 0.6) is 0 Å². The molecule has 3 nitrogen and oxygen atoms in total. The third-order valence-corrected chi connectivity index (χ3v) is 3.98. The summed E-state index contributed by atoms with van der Waals surface area (Å²) in [6, 6.07) is -2.14. The van der Waals surface area contributed by atoms with Gasteiger partial charge in [0.1, 0.15) is 6.04 Å². The maximum absolute atomic E-state index is 12.8. The van der Waals surface area contributed by atoms with Gasteiger partial charge in [0, 0.05) is 0 Å². The molecule has 0 unspecified atom stereocenters. The van der Waals surface area contributed by atoms with Crippen molar-refractivity contribution in [3.8, 4) is 0 Å². The lowest BCUT2D eigenvalue weighted by Crippen LogP contribution is -2.47. The molecule has 0 aliphatic heterocycles. The molecule has 0 bridgehead atoms. The minimum atomic E-state index is -4.57. The Kier molecular flexibility index (Phi) is 12.2. The average Bonchev–Trinajstić information content (AvgIpc) is 2.48. The van der Waals surface area contributed by atoms with Gasteiger partial charge in [-0.3, -0.25) is 4.79 Å². The van der Waals surface area contributed by atoms with Crippen molar-refractivity contribution in [3.63, 3.8) is 0 Å². The SMILES string of the molecule is CCCCCCCCC[C@@H](C(=O)OCCCC)[C@@H](N)C(F)(F)F. The first kappa shape index (κ1) is 22.2. The Hall–Kier alpha value is -0.780. The maximum Gasteiger partial charge on any atom is 0.404 e. The van der Waals surface area contributed by atoms with E-state index in [1.807, 2.05) is 6.92 Å². The van der Waals surface area contributed by atoms with E-state index in [9.17, 15) is 18.0 Å². The fourth-order valence-electron chi connectivity index (χ4n) is 2.42. The van der Waals surface area contributed by atoms with Gasteiger partial charge < -0.3 is 10.5 Å². The molecule has 138 valence electrons. The molecule has 0 aromatic carbocycles. The molecule has 0 aromatic rings. The van der Waals surface area contributed by atoms with Gasteiger partial charge in [-0.25, -0.2) is 0 Å². The van der Waals surface area contributed by atoms with Crippen molar-refractivity contribution in [1.82, 2.24) is 0 Å². The molecule has 0 radical (unpaired) electrons. The summed E-state index contributed by atoms with van der Waals surface area (Å²) in [7, 11) is 0. The van der Waals surface area contributed by atoms with Crippen molar-refractivity contribution in [1.29, 1.82) is 0 Å². The van der Waals surface area contributed by atoms with E-state index in [0.717, 1.165) is 38.5 Å². The van der Waals surface area contributed by atoms with Gasteiger partial charge in [0.25, 0.3) is 0 Å². The molecule has 0 amide bonds. The molecule has 0 spiro atoms. The number of hydrogen-bond acceptors (Lipinski definition) is 3. The lowest BCUT2D eigenvalue weighted by atomic mass is 9.93. The fourth-order valence-corrected chi connectivity index (χ4v) is 2.42. The first-order valence-electron chi connectivity index (χ1n) is 8.83. The number of rotatable bonds is 13. The number of esters is 1. The normalized spacial score (nSPS) is 14.5. The topological polar surface area (TPSA) is 52.3 Å². The lowest BCUT2D eigenvalue weighted by Gasteiger charge is -2.24. The van der Waals surface area contributed by atoms with Crippen molar-refractivity contribution in [2.45, 2.75) is 90.3 Å². The van der Waals surface area contributed by atoms with Crippen molar-refractivity contribution >= 4 is 5.97 Å². The number of alkyl halides is 3. The number of halogens is 3. The van der Waals surface area contributed by atoms with Gasteiger partial charge >= 0.3 is 12.1 Å². The Balaban J connectivity index is 4.30. The summed E-state index contributed by atoms with van der Waals surface area (Å²) in [4.78, 5) is 11.9. The summed E-state index contributed by atoms with van der Waals surface area (Å²) in [6.45, 7) is 4.21. The number of unbranched alkanes of at least 4 members (excludes halogenated alkanes) is 7. The first-order valence-corrected chi connectivity index (χ1v) is 8.83. The van der Waals surface area contributed by atoms with Crippen LogP contribution in [0, 0.1) is 5.92 Å². The summed E-state index contributed by atoms with van der Waals surface area (Å²) < 4.78 is 43.4. The van der Waals surface area contributed by atoms with Crippen molar-refractivity contribution in [2.24, 2.45) is 11.7 Å². The molecule has 2 atom stereocenters. The molecule has 0 saturated carbocycles. The van der Waals surface area contributed by atoms with Gasteiger partial charge in [-0.05, 0) is 12.8 Å². The second-order valence-corrected chi connectivity index (χ2v) is 6.10. The molecule has 0 aliphatic carbocycles. The van der Waals surface area contributed by atoms with Gasteiger partial charge in [-0.2, -0.15) is 13.2 Å². The van der Waals surface area contributed by atoms with E-state index in [1.165, 1.54) is 6.42 Å². The van der Waals surface area contributed by atoms with Crippen LogP contribution in [-0.2, 0) is 9.53 Å². The Morgan fingerprint density at radius 1 is 0.957 bits per heavy atom. The van der Waals surface area contributed by atoms with Crippen molar-refractivity contribution in [3.05, 3.63) is 0 Å². The van der Waals surface area contributed by atoms with Crippen LogP contribution in [0.2, 0.25) is 0 Å². The van der Waals surface area contributed by atoms with Crippen LogP contribution in [0.15, 0.2) is 0 Å². The second-order valence-electron chi connectivity index (χ2n) is 6.10. The smallest absolute Gasteiger partial charge is 0.404 e. The average molecular weight is 339 g/mol. The van der Waals surface area contributed by atoms with E-state index >= 15 is 0 Å². The van der Waals surface area contributed by atoms with E-state index in [4.69, 9.17) is 10.5 Å². The van der Waals surface area contributed by atoms with Crippen LogP contribution < -0.4 is 5.73 Å². The minimum absolute atomic E-state index is 0.138. The molecule has 0 rings (SSSR count). The Labute approximate surface area is 138 Å². The third kappa shape index (κ3) is 10.6. The molecular formula is C17H32F3NO2. The highest BCUT2D eigenvalue weighted by Gasteiger charge is 2.45. The van der Waals surface area contributed by atoms with Crippen LogP contribution in [-0.4, -0.2) is 24.8 Å². The molecule has 23 heavy (non-hydrogen) atoms. The minimum Gasteiger partial charge on any atom is -0.465 e. The van der Waals surface area contributed by atoms with Crippen LogP contribution >= 0.6 is 0 Å². The fraction of sp³-hybridized carbons (Fsp3) is 0.941. The predicted molar refractivity (Wildman–Crippen MR) is 86.0 cm³/mol. The van der Waals surface area contributed by atoms with E-state index in [0.29, 0.717) is 12.8 Å². The number of nitrogens with two attached hydrogens (primary N) is 1.